The monoisotopic (exact) mass is 369 g/mol. The maximum absolute atomic E-state index is 12.2. The molecule has 1 aliphatic rings. The van der Waals surface area contributed by atoms with E-state index < -0.39 is 5.91 Å². The average molecular weight is 369 g/mol. The first-order chi connectivity index (χ1) is 13.1. The molecule has 0 bridgehead atoms. The molecular formula is C19H23N5O3. The first kappa shape index (κ1) is 18.6. The van der Waals surface area contributed by atoms with Gasteiger partial charge in [0.1, 0.15) is 0 Å². The topological polar surface area (TPSA) is 96.3 Å². The van der Waals surface area contributed by atoms with Crippen LogP contribution >= 0.6 is 0 Å². The van der Waals surface area contributed by atoms with Crippen LogP contribution in [0.3, 0.4) is 0 Å². The van der Waals surface area contributed by atoms with Crippen molar-refractivity contribution in [2.24, 2.45) is 0 Å². The number of benzene rings is 1. The summed E-state index contributed by atoms with van der Waals surface area (Å²) in [6.45, 7) is 3.29. The zero-order chi connectivity index (χ0) is 19.2. The van der Waals surface area contributed by atoms with Crippen LogP contribution < -0.4 is 21.3 Å². The number of nitrogens with one attached hydrogen (secondary N) is 2. The lowest BCUT2D eigenvalue weighted by molar-refractivity contribution is -0.120. The van der Waals surface area contributed by atoms with Gasteiger partial charge in [0, 0.05) is 24.8 Å². The second-order valence-electron chi connectivity index (χ2n) is 6.44. The van der Waals surface area contributed by atoms with Crippen LogP contribution in [0.25, 0.3) is 0 Å². The Kier molecular flexibility index (Phi) is 5.85. The maximum atomic E-state index is 12.2. The summed E-state index contributed by atoms with van der Waals surface area (Å²) >= 11 is 0. The number of hydrazine groups is 1. The largest absolute Gasteiger partial charge is 0.362 e. The quantitative estimate of drug-likeness (QED) is 0.763. The zero-order valence-electron chi connectivity index (χ0n) is 15.3. The van der Waals surface area contributed by atoms with Gasteiger partial charge in [-0.3, -0.25) is 25.2 Å². The van der Waals surface area contributed by atoms with Crippen molar-refractivity contribution in [1.29, 1.82) is 0 Å². The van der Waals surface area contributed by atoms with Gasteiger partial charge in [-0.25, -0.2) is 4.68 Å². The van der Waals surface area contributed by atoms with E-state index in [1.54, 1.807) is 0 Å². The number of rotatable bonds is 5. The third kappa shape index (κ3) is 4.52. The average Bonchev–Trinajstić information content (AvgIpc) is 2.68. The molecule has 2 heterocycles. The number of nitrogens with zero attached hydrogens (tertiary/aromatic N) is 3. The molecule has 1 aromatic carbocycles. The summed E-state index contributed by atoms with van der Waals surface area (Å²) in [5.41, 5.74) is 6.87. The predicted molar refractivity (Wildman–Crippen MR) is 101 cm³/mol. The number of carbonyl (C=O) groups is 2. The molecule has 0 saturated carbocycles. The van der Waals surface area contributed by atoms with Gasteiger partial charge >= 0.3 is 0 Å². The predicted octanol–water partition coefficient (Wildman–Crippen LogP) is 0.867. The van der Waals surface area contributed by atoms with Gasteiger partial charge in [-0.05, 0) is 37.0 Å². The minimum atomic E-state index is -0.563. The van der Waals surface area contributed by atoms with Crippen LogP contribution in [0.2, 0.25) is 0 Å². The van der Waals surface area contributed by atoms with Gasteiger partial charge in [-0.2, -0.15) is 5.10 Å². The Hall–Kier alpha value is -3.16. The smallest absolute Gasteiger partial charge is 0.290 e. The summed E-state index contributed by atoms with van der Waals surface area (Å²) in [5.74, 6) is -0.880. The van der Waals surface area contributed by atoms with Crippen LogP contribution in [0.4, 0.5) is 5.69 Å². The summed E-state index contributed by atoms with van der Waals surface area (Å²) in [6, 6.07) is 10.7. The molecule has 0 aliphatic carbocycles. The molecule has 0 unspecified atom stereocenters. The second kappa shape index (κ2) is 8.48. The summed E-state index contributed by atoms with van der Waals surface area (Å²) < 4.78 is 1.24. The van der Waals surface area contributed by atoms with E-state index in [4.69, 9.17) is 0 Å². The Morgan fingerprint density at radius 1 is 1.15 bits per heavy atom. The van der Waals surface area contributed by atoms with Crippen LogP contribution in [0, 0.1) is 0 Å². The van der Waals surface area contributed by atoms with Crippen molar-refractivity contribution in [1.82, 2.24) is 20.6 Å². The van der Waals surface area contributed by atoms with Crippen molar-refractivity contribution in [2.75, 3.05) is 18.0 Å². The SMILES string of the molecule is CCCn1nc(C(=O)NNC(=O)CN2CCCc3ccccc32)ccc1=O. The molecule has 2 amide bonds. The molecule has 8 nitrogen and oxygen atoms in total. The van der Waals surface area contributed by atoms with Crippen molar-refractivity contribution in [2.45, 2.75) is 32.7 Å². The summed E-state index contributed by atoms with van der Waals surface area (Å²) in [6.07, 6.45) is 2.72. The van der Waals surface area contributed by atoms with Crippen molar-refractivity contribution in [3.63, 3.8) is 0 Å². The molecule has 8 heteroatoms. The van der Waals surface area contributed by atoms with E-state index in [2.05, 4.69) is 22.0 Å². The molecule has 2 aromatic rings. The zero-order valence-corrected chi connectivity index (χ0v) is 15.3. The molecule has 27 heavy (non-hydrogen) atoms. The van der Waals surface area contributed by atoms with Crippen LogP contribution in [-0.4, -0.2) is 34.7 Å². The van der Waals surface area contributed by atoms with E-state index in [1.807, 2.05) is 30.0 Å². The molecule has 142 valence electrons. The van der Waals surface area contributed by atoms with E-state index in [1.165, 1.54) is 22.4 Å². The lowest BCUT2D eigenvalue weighted by atomic mass is 10.0. The van der Waals surface area contributed by atoms with Crippen molar-refractivity contribution >= 4 is 17.5 Å². The number of anilines is 1. The highest BCUT2D eigenvalue weighted by Crippen LogP contribution is 2.26. The van der Waals surface area contributed by atoms with Crippen molar-refractivity contribution in [3.05, 3.63) is 58.0 Å². The molecule has 0 spiro atoms. The lowest BCUT2D eigenvalue weighted by Crippen LogP contribution is -2.47. The molecule has 1 aliphatic heterocycles. The molecule has 3 rings (SSSR count). The maximum Gasteiger partial charge on any atom is 0.290 e. The number of aryl methyl sites for hydroxylation is 2. The lowest BCUT2D eigenvalue weighted by Gasteiger charge is -2.30. The van der Waals surface area contributed by atoms with Gasteiger partial charge < -0.3 is 4.90 Å². The fourth-order valence-corrected chi connectivity index (χ4v) is 3.12. The van der Waals surface area contributed by atoms with Gasteiger partial charge in [-0.1, -0.05) is 25.1 Å². The Balaban J connectivity index is 1.58. The van der Waals surface area contributed by atoms with Crippen LogP contribution in [0.15, 0.2) is 41.2 Å². The highest BCUT2D eigenvalue weighted by molar-refractivity contribution is 5.94. The molecule has 0 fully saturated rings. The Morgan fingerprint density at radius 3 is 2.78 bits per heavy atom. The van der Waals surface area contributed by atoms with Crippen LogP contribution in [0.1, 0.15) is 35.8 Å². The highest BCUT2D eigenvalue weighted by Gasteiger charge is 2.19. The van der Waals surface area contributed by atoms with E-state index in [9.17, 15) is 14.4 Å². The molecule has 0 radical (unpaired) electrons. The fourth-order valence-electron chi connectivity index (χ4n) is 3.12. The Morgan fingerprint density at radius 2 is 1.96 bits per heavy atom. The number of fused-ring (bicyclic) bond motifs is 1. The number of carbonyl (C=O) groups excluding carboxylic acids is 2. The number of hydrogen-bond acceptors (Lipinski definition) is 5. The number of amides is 2. The third-order valence-corrected chi connectivity index (χ3v) is 4.39. The molecule has 0 atom stereocenters. The fraction of sp³-hybridized carbons (Fsp3) is 0.368. The number of hydrogen-bond donors (Lipinski definition) is 2. The van der Waals surface area contributed by atoms with Gasteiger partial charge in [0.2, 0.25) is 0 Å². The third-order valence-electron chi connectivity index (χ3n) is 4.39. The minimum absolute atomic E-state index is 0.0756. The summed E-state index contributed by atoms with van der Waals surface area (Å²) in [7, 11) is 0. The van der Waals surface area contributed by atoms with Crippen LogP contribution in [-0.2, 0) is 17.8 Å². The van der Waals surface area contributed by atoms with Gasteiger partial charge in [0.05, 0.1) is 6.54 Å². The normalized spacial score (nSPS) is 13.0. The summed E-state index contributed by atoms with van der Waals surface area (Å²) in [4.78, 5) is 38.1. The first-order valence-electron chi connectivity index (χ1n) is 9.08. The van der Waals surface area contributed by atoms with E-state index in [0.29, 0.717) is 6.54 Å². The van der Waals surface area contributed by atoms with Crippen LogP contribution in [0.5, 0.6) is 0 Å². The molecule has 2 N–H and O–H groups in total. The van der Waals surface area contributed by atoms with Crippen molar-refractivity contribution in [3.8, 4) is 0 Å². The minimum Gasteiger partial charge on any atom is -0.362 e. The van der Waals surface area contributed by atoms with Gasteiger partial charge in [0.25, 0.3) is 17.4 Å². The molecule has 0 saturated heterocycles. The highest BCUT2D eigenvalue weighted by atomic mass is 16.2. The first-order valence-corrected chi connectivity index (χ1v) is 9.08. The van der Waals surface area contributed by atoms with Gasteiger partial charge in [-0.15, -0.1) is 0 Å². The number of aromatic nitrogens is 2. The van der Waals surface area contributed by atoms with Crippen molar-refractivity contribution < 1.29 is 9.59 Å². The molecular weight excluding hydrogens is 346 g/mol. The standard InChI is InChI=1S/C19H23N5O3/c1-2-11-24-18(26)10-9-15(22-24)19(27)21-20-17(25)13-23-12-5-7-14-6-3-4-8-16(14)23/h3-4,6,8-10H,2,5,7,11-13H2,1H3,(H,20,25)(H,21,27). The Labute approximate surface area is 157 Å². The number of para-hydroxylation sites is 1. The van der Waals surface area contributed by atoms with Gasteiger partial charge in [0.15, 0.2) is 5.69 Å². The second-order valence-corrected chi connectivity index (χ2v) is 6.44. The van der Waals surface area contributed by atoms with E-state index in [-0.39, 0.29) is 23.7 Å². The summed E-state index contributed by atoms with van der Waals surface area (Å²) in [5, 5.41) is 4.02. The van der Waals surface area contributed by atoms with E-state index >= 15 is 0 Å². The van der Waals surface area contributed by atoms with E-state index in [0.717, 1.165) is 31.5 Å². The molecule has 1 aromatic heterocycles. The Bertz CT molecular complexity index is 893.